The molecule has 0 aliphatic rings. The summed E-state index contributed by atoms with van der Waals surface area (Å²) in [6.45, 7) is 5.21. The van der Waals surface area contributed by atoms with Crippen LogP contribution >= 0.6 is 0 Å². The van der Waals surface area contributed by atoms with Crippen molar-refractivity contribution >= 4 is 17.6 Å². The number of benzene rings is 1. The van der Waals surface area contributed by atoms with Crippen LogP contribution in [-0.4, -0.2) is 21.4 Å². The zero-order valence-corrected chi connectivity index (χ0v) is 14.8. The standard InChI is InChI=1S/C20H19N3O3/c1-13-12-18(14(2)23(13)19-6-4-5-11-21-19)20(25)26-17-9-7-16(8-10-17)22-15(3)24/h4-12H,1-3H3,(H,22,24). The van der Waals surface area contributed by atoms with Gasteiger partial charge >= 0.3 is 5.97 Å². The van der Waals surface area contributed by atoms with Crippen molar-refractivity contribution < 1.29 is 14.3 Å². The molecule has 0 aliphatic heterocycles. The second kappa shape index (κ2) is 7.23. The third-order valence-corrected chi connectivity index (χ3v) is 3.91. The molecule has 26 heavy (non-hydrogen) atoms. The molecule has 0 bridgehead atoms. The molecule has 0 unspecified atom stereocenters. The number of hydrogen-bond donors (Lipinski definition) is 1. The quantitative estimate of drug-likeness (QED) is 0.576. The number of carbonyl (C=O) groups is 2. The first-order valence-electron chi connectivity index (χ1n) is 8.16. The molecule has 1 aromatic carbocycles. The topological polar surface area (TPSA) is 73.2 Å². The van der Waals surface area contributed by atoms with Crippen LogP contribution in [0.15, 0.2) is 54.7 Å². The van der Waals surface area contributed by atoms with E-state index in [-0.39, 0.29) is 5.91 Å². The Morgan fingerprint density at radius 3 is 2.42 bits per heavy atom. The summed E-state index contributed by atoms with van der Waals surface area (Å²) in [5.74, 6) is 0.567. The van der Waals surface area contributed by atoms with Gasteiger partial charge < -0.3 is 14.6 Å². The Balaban J connectivity index is 1.81. The predicted octanol–water partition coefficient (Wildman–Crippen LogP) is 3.67. The number of esters is 1. The number of amides is 1. The van der Waals surface area contributed by atoms with Gasteiger partial charge in [0.05, 0.1) is 5.56 Å². The van der Waals surface area contributed by atoms with Gasteiger partial charge in [-0.3, -0.25) is 4.79 Å². The lowest BCUT2D eigenvalue weighted by molar-refractivity contribution is -0.114. The van der Waals surface area contributed by atoms with Crippen LogP contribution in [0.4, 0.5) is 5.69 Å². The summed E-state index contributed by atoms with van der Waals surface area (Å²) in [5.41, 5.74) is 2.79. The number of aryl methyl sites for hydroxylation is 1. The molecule has 0 atom stereocenters. The number of carbonyl (C=O) groups excluding carboxylic acids is 2. The van der Waals surface area contributed by atoms with E-state index in [4.69, 9.17) is 4.74 Å². The number of aromatic nitrogens is 2. The van der Waals surface area contributed by atoms with Gasteiger partial charge in [-0.25, -0.2) is 9.78 Å². The molecular formula is C20H19N3O3. The van der Waals surface area contributed by atoms with E-state index in [1.54, 1.807) is 36.5 Å². The van der Waals surface area contributed by atoms with Crippen LogP contribution in [0.1, 0.15) is 28.7 Å². The zero-order valence-electron chi connectivity index (χ0n) is 14.8. The van der Waals surface area contributed by atoms with Crippen LogP contribution in [0.5, 0.6) is 5.75 Å². The molecule has 0 fully saturated rings. The highest BCUT2D eigenvalue weighted by atomic mass is 16.5. The molecule has 6 heteroatoms. The fourth-order valence-corrected chi connectivity index (χ4v) is 2.78. The normalized spacial score (nSPS) is 10.4. The molecule has 3 aromatic rings. The van der Waals surface area contributed by atoms with E-state index < -0.39 is 5.97 Å². The van der Waals surface area contributed by atoms with E-state index in [0.29, 0.717) is 17.0 Å². The first kappa shape index (κ1) is 17.4. The number of ether oxygens (including phenoxy) is 1. The maximum Gasteiger partial charge on any atom is 0.345 e. The van der Waals surface area contributed by atoms with Crippen LogP contribution in [0.2, 0.25) is 0 Å². The molecule has 2 aromatic heterocycles. The number of hydrogen-bond acceptors (Lipinski definition) is 4. The van der Waals surface area contributed by atoms with Crippen LogP contribution < -0.4 is 10.1 Å². The molecule has 132 valence electrons. The van der Waals surface area contributed by atoms with Crippen molar-refractivity contribution in [3.63, 3.8) is 0 Å². The minimum absolute atomic E-state index is 0.156. The second-order valence-corrected chi connectivity index (χ2v) is 5.90. The highest BCUT2D eigenvalue weighted by Gasteiger charge is 2.19. The molecule has 0 saturated carbocycles. The average Bonchev–Trinajstić information content (AvgIpc) is 2.91. The van der Waals surface area contributed by atoms with Gasteiger partial charge in [0.1, 0.15) is 11.6 Å². The van der Waals surface area contributed by atoms with Gasteiger partial charge in [-0.2, -0.15) is 0 Å². The highest BCUT2D eigenvalue weighted by Crippen LogP contribution is 2.22. The van der Waals surface area contributed by atoms with Gasteiger partial charge in [0.25, 0.3) is 0 Å². The van der Waals surface area contributed by atoms with Crippen LogP contribution in [0.3, 0.4) is 0 Å². The predicted molar refractivity (Wildman–Crippen MR) is 98.7 cm³/mol. The van der Waals surface area contributed by atoms with Crippen LogP contribution in [0, 0.1) is 13.8 Å². The Bertz CT molecular complexity index is 944. The fraction of sp³-hybridized carbons (Fsp3) is 0.150. The van der Waals surface area contributed by atoms with Gasteiger partial charge in [-0.15, -0.1) is 0 Å². The third kappa shape index (κ3) is 3.64. The summed E-state index contributed by atoms with van der Waals surface area (Å²) >= 11 is 0. The SMILES string of the molecule is CC(=O)Nc1ccc(OC(=O)c2cc(C)n(-c3ccccn3)c2C)cc1. The molecule has 1 amide bonds. The third-order valence-electron chi connectivity index (χ3n) is 3.91. The molecule has 0 spiro atoms. The van der Waals surface area contributed by atoms with E-state index in [0.717, 1.165) is 17.2 Å². The van der Waals surface area contributed by atoms with E-state index >= 15 is 0 Å². The number of rotatable bonds is 4. The Morgan fingerprint density at radius 1 is 1.08 bits per heavy atom. The van der Waals surface area contributed by atoms with Gasteiger partial charge in [-0.05, 0) is 56.3 Å². The fourth-order valence-electron chi connectivity index (χ4n) is 2.78. The summed E-state index contributed by atoms with van der Waals surface area (Å²) < 4.78 is 7.37. The van der Waals surface area contributed by atoms with Crippen molar-refractivity contribution in [3.05, 3.63) is 71.7 Å². The molecule has 6 nitrogen and oxygen atoms in total. The van der Waals surface area contributed by atoms with E-state index in [2.05, 4.69) is 10.3 Å². The van der Waals surface area contributed by atoms with Crippen molar-refractivity contribution in [1.82, 2.24) is 9.55 Å². The van der Waals surface area contributed by atoms with Crippen molar-refractivity contribution in [2.24, 2.45) is 0 Å². The highest BCUT2D eigenvalue weighted by molar-refractivity contribution is 5.93. The van der Waals surface area contributed by atoms with Gasteiger partial charge in [0.15, 0.2) is 0 Å². The number of nitrogens with one attached hydrogen (secondary N) is 1. The first-order chi connectivity index (χ1) is 12.5. The molecular weight excluding hydrogens is 330 g/mol. The van der Waals surface area contributed by atoms with E-state index in [1.165, 1.54) is 6.92 Å². The average molecular weight is 349 g/mol. The molecule has 2 heterocycles. The monoisotopic (exact) mass is 349 g/mol. The largest absolute Gasteiger partial charge is 0.423 e. The van der Waals surface area contributed by atoms with Gasteiger partial charge in [0, 0.05) is 30.2 Å². The van der Waals surface area contributed by atoms with Gasteiger partial charge in [0.2, 0.25) is 5.91 Å². The maximum atomic E-state index is 12.6. The lowest BCUT2D eigenvalue weighted by Crippen LogP contribution is -2.10. The molecule has 0 aliphatic carbocycles. The smallest absolute Gasteiger partial charge is 0.345 e. The van der Waals surface area contributed by atoms with Crippen LogP contribution in [0.25, 0.3) is 5.82 Å². The lowest BCUT2D eigenvalue weighted by atomic mass is 10.2. The minimum Gasteiger partial charge on any atom is -0.423 e. The van der Waals surface area contributed by atoms with Crippen molar-refractivity contribution in [2.45, 2.75) is 20.8 Å². The Morgan fingerprint density at radius 2 is 1.81 bits per heavy atom. The lowest BCUT2D eigenvalue weighted by Gasteiger charge is -2.09. The Kier molecular flexibility index (Phi) is 4.84. The summed E-state index contributed by atoms with van der Waals surface area (Å²) in [4.78, 5) is 28.0. The summed E-state index contributed by atoms with van der Waals surface area (Å²) in [6.07, 6.45) is 1.71. The second-order valence-electron chi connectivity index (χ2n) is 5.90. The van der Waals surface area contributed by atoms with Crippen molar-refractivity contribution in [2.75, 3.05) is 5.32 Å². The van der Waals surface area contributed by atoms with Crippen LogP contribution in [-0.2, 0) is 4.79 Å². The summed E-state index contributed by atoms with van der Waals surface area (Å²) in [6, 6.07) is 14.1. The minimum atomic E-state index is -0.437. The summed E-state index contributed by atoms with van der Waals surface area (Å²) in [7, 11) is 0. The number of nitrogens with zero attached hydrogens (tertiary/aromatic N) is 2. The summed E-state index contributed by atoms with van der Waals surface area (Å²) in [5, 5.41) is 2.67. The van der Waals surface area contributed by atoms with E-state index in [9.17, 15) is 9.59 Å². The number of pyridine rings is 1. The molecule has 0 radical (unpaired) electrons. The van der Waals surface area contributed by atoms with Crippen molar-refractivity contribution in [1.29, 1.82) is 0 Å². The zero-order chi connectivity index (χ0) is 18.7. The molecule has 1 N–H and O–H groups in total. The molecule has 3 rings (SSSR count). The van der Waals surface area contributed by atoms with E-state index in [1.807, 2.05) is 36.6 Å². The molecule has 0 saturated heterocycles. The maximum absolute atomic E-state index is 12.6. The first-order valence-corrected chi connectivity index (χ1v) is 8.16. The number of anilines is 1. The Labute approximate surface area is 151 Å². The van der Waals surface area contributed by atoms with Gasteiger partial charge in [-0.1, -0.05) is 6.07 Å². The van der Waals surface area contributed by atoms with Crippen molar-refractivity contribution in [3.8, 4) is 11.6 Å². The Hall–Kier alpha value is -3.41.